The van der Waals surface area contributed by atoms with Gasteiger partial charge in [-0.1, -0.05) is 45.0 Å². The maximum atomic E-state index is 11.9. The first-order valence-electron chi connectivity index (χ1n) is 8.18. The van der Waals surface area contributed by atoms with Crippen LogP contribution in [0.4, 0.5) is 0 Å². The van der Waals surface area contributed by atoms with Gasteiger partial charge in [0, 0.05) is 11.8 Å². The van der Waals surface area contributed by atoms with Crippen molar-refractivity contribution in [2.75, 3.05) is 6.61 Å². The van der Waals surface area contributed by atoms with Crippen LogP contribution in [0.5, 0.6) is 5.75 Å². The molecule has 0 aliphatic heterocycles. The Morgan fingerprint density at radius 3 is 2.38 bits per heavy atom. The minimum absolute atomic E-state index is 0.135. The largest absolute Gasteiger partial charge is 0.488 e. The fraction of sp³-hybridized carbons (Fsp3) is 0.400. The highest BCUT2D eigenvalue weighted by atomic mass is 16.5. The molecule has 4 heteroatoms. The fourth-order valence-electron chi connectivity index (χ4n) is 2.34. The predicted octanol–water partition coefficient (Wildman–Crippen LogP) is 4.44. The van der Waals surface area contributed by atoms with E-state index < -0.39 is 5.97 Å². The smallest absolute Gasteiger partial charge is 0.357 e. The maximum Gasteiger partial charge on any atom is 0.357 e. The Kier molecular flexibility index (Phi) is 5.60. The number of hydrogen-bond donors (Lipinski definition) is 0. The molecule has 0 atom stereocenters. The molecule has 1 aromatic heterocycles. The van der Waals surface area contributed by atoms with Gasteiger partial charge in [0.25, 0.3) is 0 Å². The molecule has 24 heavy (non-hydrogen) atoms. The zero-order valence-corrected chi connectivity index (χ0v) is 15.1. The van der Waals surface area contributed by atoms with Gasteiger partial charge >= 0.3 is 5.97 Å². The molecule has 0 fully saturated rings. The molecule has 4 nitrogen and oxygen atoms in total. The lowest BCUT2D eigenvalue weighted by atomic mass is 9.87. The molecular weight excluding hydrogens is 302 g/mol. The quantitative estimate of drug-likeness (QED) is 0.762. The van der Waals surface area contributed by atoms with Crippen LogP contribution in [0.1, 0.15) is 54.9 Å². The second-order valence-electron chi connectivity index (χ2n) is 6.74. The van der Waals surface area contributed by atoms with Crippen LogP contribution < -0.4 is 4.74 Å². The van der Waals surface area contributed by atoms with Crippen LogP contribution in [0.25, 0.3) is 0 Å². The number of hydrogen-bond acceptors (Lipinski definition) is 4. The lowest BCUT2D eigenvalue weighted by Gasteiger charge is -2.19. The molecule has 0 saturated heterocycles. The van der Waals surface area contributed by atoms with Crippen molar-refractivity contribution >= 4 is 5.97 Å². The highest BCUT2D eigenvalue weighted by Gasteiger charge is 2.16. The molecule has 2 aromatic rings. The number of aromatic nitrogens is 1. The van der Waals surface area contributed by atoms with Crippen molar-refractivity contribution in [2.45, 2.75) is 46.6 Å². The Morgan fingerprint density at radius 2 is 1.79 bits per heavy atom. The van der Waals surface area contributed by atoms with E-state index in [4.69, 9.17) is 9.47 Å². The van der Waals surface area contributed by atoms with Crippen molar-refractivity contribution in [3.05, 3.63) is 58.9 Å². The Morgan fingerprint density at radius 1 is 1.12 bits per heavy atom. The Hall–Kier alpha value is -2.36. The number of esters is 1. The number of pyridine rings is 1. The molecule has 1 heterocycles. The Balaban J connectivity index is 2.09. The van der Waals surface area contributed by atoms with Gasteiger partial charge in [0.15, 0.2) is 5.69 Å². The second kappa shape index (κ2) is 7.47. The standard InChI is InChI=1S/C20H25NO3/c1-6-23-19(22)18-14(2)17(11-12-21-18)24-13-15-7-9-16(10-8-15)20(3,4)5/h7-12H,6,13H2,1-5H3. The fourth-order valence-corrected chi connectivity index (χ4v) is 2.34. The van der Waals surface area contributed by atoms with Crippen LogP contribution in [0, 0.1) is 6.92 Å². The molecule has 0 aliphatic carbocycles. The van der Waals surface area contributed by atoms with E-state index >= 15 is 0 Å². The van der Waals surface area contributed by atoms with Gasteiger partial charge in [0.2, 0.25) is 0 Å². The summed E-state index contributed by atoms with van der Waals surface area (Å²) in [6.45, 7) is 10.9. The lowest BCUT2D eigenvalue weighted by molar-refractivity contribution is 0.0518. The molecular formula is C20H25NO3. The number of ether oxygens (including phenoxy) is 2. The third-order valence-corrected chi connectivity index (χ3v) is 3.84. The summed E-state index contributed by atoms with van der Waals surface area (Å²) in [5.41, 5.74) is 3.50. The number of carbonyl (C=O) groups excluding carboxylic acids is 1. The first-order chi connectivity index (χ1) is 11.3. The van der Waals surface area contributed by atoms with Gasteiger partial charge in [-0.15, -0.1) is 0 Å². The minimum Gasteiger partial charge on any atom is -0.488 e. The first-order valence-corrected chi connectivity index (χ1v) is 8.18. The topological polar surface area (TPSA) is 48.4 Å². The maximum absolute atomic E-state index is 11.9. The molecule has 128 valence electrons. The molecule has 0 bridgehead atoms. The number of carbonyl (C=O) groups is 1. The molecule has 0 aliphatic rings. The van der Waals surface area contributed by atoms with Gasteiger partial charge in [-0.25, -0.2) is 9.78 Å². The van der Waals surface area contributed by atoms with Crippen molar-refractivity contribution in [2.24, 2.45) is 0 Å². The third kappa shape index (κ3) is 4.34. The van der Waals surface area contributed by atoms with E-state index in [0.29, 0.717) is 30.2 Å². The molecule has 1 aromatic carbocycles. The van der Waals surface area contributed by atoms with E-state index in [2.05, 4.69) is 50.0 Å². The summed E-state index contributed by atoms with van der Waals surface area (Å²) in [7, 11) is 0. The monoisotopic (exact) mass is 327 g/mol. The van der Waals surface area contributed by atoms with E-state index in [1.807, 2.05) is 6.92 Å². The van der Waals surface area contributed by atoms with Crippen LogP contribution in [-0.2, 0) is 16.8 Å². The Labute approximate surface area is 143 Å². The van der Waals surface area contributed by atoms with Crippen molar-refractivity contribution < 1.29 is 14.3 Å². The van der Waals surface area contributed by atoms with Gasteiger partial charge in [0.05, 0.1) is 6.61 Å². The van der Waals surface area contributed by atoms with Gasteiger partial charge in [-0.05, 0) is 36.5 Å². The SMILES string of the molecule is CCOC(=O)c1nccc(OCc2ccc(C(C)(C)C)cc2)c1C. The summed E-state index contributed by atoms with van der Waals surface area (Å²) in [6, 6.07) is 10.2. The summed E-state index contributed by atoms with van der Waals surface area (Å²) in [5.74, 6) is 0.225. The molecule has 0 radical (unpaired) electrons. The van der Waals surface area contributed by atoms with Crippen molar-refractivity contribution in [1.29, 1.82) is 0 Å². The molecule has 0 N–H and O–H groups in total. The van der Waals surface area contributed by atoms with Gasteiger partial charge in [0.1, 0.15) is 12.4 Å². The van der Waals surface area contributed by atoms with E-state index in [-0.39, 0.29) is 5.41 Å². The zero-order valence-electron chi connectivity index (χ0n) is 15.1. The summed E-state index contributed by atoms with van der Waals surface area (Å²) in [5, 5.41) is 0. The van der Waals surface area contributed by atoms with Crippen LogP contribution in [0.3, 0.4) is 0 Å². The summed E-state index contributed by atoms with van der Waals surface area (Å²) < 4.78 is 10.9. The van der Waals surface area contributed by atoms with E-state index in [1.165, 1.54) is 5.56 Å². The average molecular weight is 327 g/mol. The second-order valence-corrected chi connectivity index (χ2v) is 6.74. The van der Waals surface area contributed by atoms with Gasteiger partial charge in [-0.2, -0.15) is 0 Å². The molecule has 0 amide bonds. The molecule has 0 spiro atoms. The predicted molar refractivity (Wildman–Crippen MR) is 94.4 cm³/mol. The van der Waals surface area contributed by atoms with Crippen molar-refractivity contribution in [1.82, 2.24) is 4.98 Å². The summed E-state index contributed by atoms with van der Waals surface area (Å²) in [6.07, 6.45) is 1.57. The highest BCUT2D eigenvalue weighted by Crippen LogP contribution is 2.24. The summed E-state index contributed by atoms with van der Waals surface area (Å²) >= 11 is 0. The number of rotatable bonds is 5. The van der Waals surface area contributed by atoms with Gasteiger partial charge in [-0.3, -0.25) is 0 Å². The van der Waals surface area contributed by atoms with Crippen LogP contribution in [0.2, 0.25) is 0 Å². The summed E-state index contributed by atoms with van der Waals surface area (Å²) in [4.78, 5) is 16.0. The first kappa shape index (κ1) is 18.0. The average Bonchev–Trinajstić information content (AvgIpc) is 2.53. The lowest BCUT2D eigenvalue weighted by Crippen LogP contribution is -2.11. The van der Waals surface area contributed by atoms with E-state index in [9.17, 15) is 4.79 Å². The number of benzene rings is 1. The van der Waals surface area contributed by atoms with Crippen molar-refractivity contribution in [3.8, 4) is 5.75 Å². The van der Waals surface area contributed by atoms with Crippen molar-refractivity contribution in [3.63, 3.8) is 0 Å². The number of nitrogens with zero attached hydrogens (tertiary/aromatic N) is 1. The molecule has 2 rings (SSSR count). The Bertz CT molecular complexity index is 700. The van der Waals surface area contributed by atoms with Crippen LogP contribution in [0.15, 0.2) is 36.5 Å². The normalized spacial score (nSPS) is 11.2. The minimum atomic E-state index is -0.421. The highest BCUT2D eigenvalue weighted by molar-refractivity contribution is 5.89. The van der Waals surface area contributed by atoms with Crippen LogP contribution >= 0.6 is 0 Å². The van der Waals surface area contributed by atoms with E-state index in [0.717, 1.165) is 5.56 Å². The van der Waals surface area contributed by atoms with Gasteiger partial charge < -0.3 is 9.47 Å². The zero-order chi connectivity index (χ0) is 17.7. The van der Waals surface area contributed by atoms with Crippen LogP contribution in [-0.4, -0.2) is 17.6 Å². The molecule has 0 unspecified atom stereocenters. The molecule has 0 saturated carbocycles. The van der Waals surface area contributed by atoms with E-state index in [1.54, 1.807) is 19.2 Å². The third-order valence-electron chi connectivity index (χ3n) is 3.84.